The fraction of sp³-hybridized carbons (Fsp3) is 0.833. The van der Waals surface area contributed by atoms with E-state index in [1.54, 1.807) is 0 Å². The molecule has 1 heterocycles. The van der Waals surface area contributed by atoms with Crippen LogP contribution in [0.5, 0.6) is 0 Å². The van der Waals surface area contributed by atoms with Gasteiger partial charge in [-0.3, -0.25) is 4.99 Å². The van der Waals surface area contributed by atoms with Crippen molar-refractivity contribution >= 4 is 6.21 Å². The van der Waals surface area contributed by atoms with E-state index in [9.17, 15) is 0 Å². The van der Waals surface area contributed by atoms with Gasteiger partial charge in [-0.25, -0.2) is 0 Å². The average Bonchev–Trinajstić information content (AvgIpc) is 2.20. The summed E-state index contributed by atoms with van der Waals surface area (Å²) in [4.78, 5) is 4.25. The van der Waals surface area contributed by atoms with Gasteiger partial charge < -0.3 is 0 Å². The molecule has 0 aromatic heterocycles. The van der Waals surface area contributed by atoms with Crippen LogP contribution in [0.4, 0.5) is 0 Å². The molecule has 1 aliphatic heterocycles. The topological polar surface area (TPSA) is 12.4 Å². The average molecular weight is 93.1 g/mol. The molecule has 1 heteroatoms. The second kappa shape index (κ2) is 0.504. The smallest absolute Gasteiger partial charge is 0.101 e. The van der Waals surface area contributed by atoms with Crippen LogP contribution in [-0.4, -0.2) is 11.8 Å². The molecule has 36 valence electrons. The largest absolute Gasteiger partial charge is 0.282 e. The van der Waals surface area contributed by atoms with E-state index in [1.807, 2.05) is 0 Å². The maximum absolute atomic E-state index is 4.25. The quantitative estimate of drug-likeness (QED) is 0.421. The van der Waals surface area contributed by atoms with Crippen LogP contribution in [0, 0.1) is 11.8 Å². The van der Waals surface area contributed by atoms with Gasteiger partial charge >= 0.3 is 0 Å². The van der Waals surface area contributed by atoms with E-state index in [2.05, 4.69) is 11.2 Å². The van der Waals surface area contributed by atoms with Crippen LogP contribution in [0.1, 0.15) is 12.8 Å². The second-order valence-electron chi connectivity index (χ2n) is 2.94. The molecule has 3 aliphatic rings. The van der Waals surface area contributed by atoms with Gasteiger partial charge in [0.2, 0.25) is 0 Å². The molecular weight excluding hydrogens is 86.1 g/mol. The second-order valence-corrected chi connectivity index (χ2v) is 2.94. The van der Waals surface area contributed by atoms with Crippen LogP contribution in [0.15, 0.2) is 4.99 Å². The maximum Gasteiger partial charge on any atom is 0.101 e. The van der Waals surface area contributed by atoms with Gasteiger partial charge in [-0.1, -0.05) is 0 Å². The Kier molecular flexibility index (Phi) is 0.205. The first-order valence-electron chi connectivity index (χ1n) is 3.00. The van der Waals surface area contributed by atoms with E-state index in [0.717, 1.165) is 11.8 Å². The molecule has 0 amide bonds. The molecule has 0 aromatic carbocycles. The molecule has 2 saturated carbocycles. The molecule has 2 fully saturated rings. The summed E-state index contributed by atoms with van der Waals surface area (Å²) in [5, 5.41) is 0. The molecule has 7 heavy (non-hydrogen) atoms. The lowest BCUT2D eigenvalue weighted by Gasteiger charge is -2.03. The molecule has 2 atom stereocenters. The molecule has 1 spiro atoms. The number of hydrogen-bond donors (Lipinski definition) is 0. The van der Waals surface area contributed by atoms with Crippen molar-refractivity contribution in [3.8, 4) is 0 Å². The first-order chi connectivity index (χ1) is 3.43. The predicted octanol–water partition coefficient (Wildman–Crippen LogP) is 0.849. The Morgan fingerprint density at radius 3 is 2.14 bits per heavy atom. The minimum Gasteiger partial charge on any atom is -0.282 e. The van der Waals surface area contributed by atoms with E-state index in [1.165, 1.54) is 12.8 Å². The molecular formula is C6H7N. The van der Waals surface area contributed by atoms with Crippen molar-refractivity contribution < 1.29 is 0 Å². The van der Waals surface area contributed by atoms with E-state index in [-0.39, 0.29) is 0 Å². The Labute approximate surface area is 42.4 Å². The highest BCUT2D eigenvalue weighted by Crippen LogP contribution is 2.70. The number of fused-ring (bicyclic) bond motifs is 3. The van der Waals surface area contributed by atoms with Gasteiger partial charge in [-0.15, -0.1) is 0 Å². The Hall–Kier alpha value is -0.330. The monoisotopic (exact) mass is 93.1 g/mol. The lowest BCUT2D eigenvalue weighted by atomic mass is 10.0. The number of aliphatic imine (C=N–C) groups is 1. The van der Waals surface area contributed by atoms with Gasteiger partial charge in [0.15, 0.2) is 0 Å². The van der Waals surface area contributed by atoms with Crippen molar-refractivity contribution in [3.05, 3.63) is 0 Å². The molecule has 2 unspecified atom stereocenters. The van der Waals surface area contributed by atoms with Crippen LogP contribution in [0.3, 0.4) is 0 Å². The van der Waals surface area contributed by atoms with E-state index in [0.29, 0.717) is 5.54 Å². The first-order valence-corrected chi connectivity index (χ1v) is 3.00. The number of nitrogens with zero attached hydrogens (tertiary/aromatic N) is 1. The lowest BCUT2D eigenvalue weighted by molar-refractivity contribution is 0.468. The zero-order valence-electron chi connectivity index (χ0n) is 4.09. The van der Waals surface area contributed by atoms with Gasteiger partial charge in [-0.2, -0.15) is 0 Å². The first kappa shape index (κ1) is 2.85. The molecule has 2 aliphatic carbocycles. The predicted molar refractivity (Wildman–Crippen MR) is 27.4 cm³/mol. The van der Waals surface area contributed by atoms with Crippen molar-refractivity contribution in [2.24, 2.45) is 16.8 Å². The van der Waals surface area contributed by atoms with Gasteiger partial charge in [0, 0.05) is 6.21 Å². The van der Waals surface area contributed by atoms with Gasteiger partial charge in [-0.05, 0) is 24.7 Å². The van der Waals surface area contributed by atoms with Gasteiger partial charge in [0.25, 0.3) is 0 Å². The van der Waals surface area contributed by atoms with Crippen LogP contribution in [-0.2, 0) is 0 Å². The van der Waals surface area contributed by atoms with E-state index in [4.69, 9.17) is 0 Å². The summed E-state index contributed by atoms with van der Waals surface area (Å²) < 4.78 is 0. The van der Waals surface area contributed by atoms with Crippen LogP contribution in [0.2, 0.25) is 0 Å². The Morgan fingerprint density at radius 1 is 1.43 bits per heavy atom. The summed E-state index contributed by atoms with van der Waals surface area (Å²) in [6, 6.07) is 0. The van der Waals surface area contributed by atoms with Gasteiger partial charge in [0.05, 0.1) is 0 Å². The minimum absolute atomic E-state index is 0.528. The van der Waals surface area contributed by atoms with Crippen molar-refractivity contribution in [1.29, 1.82) is 0 Å². The zero-order valence-corrected chi connectivity index (χ0v) is 4.09. The summed E-state index contributed by atoms with van der Waals surface area (Å²) in [7, 11) is 0. The Bertz CT molecular complexity index is 142. The highest BCUT2D eigenvalue weighted by molar-refractivity contribution is 5.91. The summed E-state index contributed by atoms with van der Waals surface area (Å²) in [6.07, 6.45) is 5.07. The summed E-state index contributed by atoms with van der Waals surface area (Å²) in [5.74, 6) is 2.07. The molecule has 0 saturated heterocycles. The third-order valence-electron chi connectivity index (χ3n) is 2.78. The fourth-order valence-electron chi connectivity index (χ4n) is 1.97. The molecule has 1 nitrogen and oxygen atoms in total. The third kappa shape index (κ3) is 0.136. The molecule has 0 aromatic rings. The van der Waals surface area contributed by atoms with Crippen LogP contribution >= 0.6 is 0 Å². The SMILES string of the molecule is C1=NC12C1CCC12. The highest BCUT2D eigenvalue weighted by Gasteiger charge is 2.74. The van der Waals surface area contributed by atoms with E-state index >= 15 is 0 Å². The Balaban J connectivity index is 2.07. The molecule has 3 rings (SSSR count). The number of hydrogen-bond acceptors (Lipinski definition) is 1. The lowest BCUT2D eigenvalue weighted by Crippen LogP contribution is -1.93. The standard InChI is InChI=1S/C6H7N/c1-2-5-4(1)6(5)3-7-6/h3-5H,1-2H2. The van der Waals surface area contributed by atoms with Crippen molar-refractivity contribution in [2.45, 2.75) is 18.4 Å². The molecule has 0 N–H and O–H groups in total. The third-order valence-corrected chi connectivity index (χ3v) is 2.78. The van der Waals surface area contributed by atoms with Gasteiger partial charge in [0.1, 0.15) is 5.54 Å². The molecule has 0 bridgehead atoms. The van der Waals surface area contributed by atoms with E-state index < -0.39 is 0 Å². The van der Waals surface area contributed by atoms with Crippen LogP contribution in [0.25, 0.3) is 0 Å². The van der Waals surface area contributed by atoms with Crippen molar-refractivity contribution in [1.82, 2.24) is 0 Å². The summed E-state index contributed by atoms with van der Waals surface area (Å²) >= 11 is 0. The van der Waals surface area contributed by atoms with Crippen molar-refractivity contribution in [3.63, 3.8) is 0 Å². The Morgan fingerprint density at radius 2 is 2.00 bits per heavy atom. The minimum atomic E-state index is 0.528. The summed E-state index contributed by atoms with van der Waals surface area (Å²) in [6.45, 7) is 0. The van der Waals surface area contributed by atoms with Crippen LogP contribution < -0.4 is 0 Å². The fourth-order valence-corrected chi connectivity index (χ4v) is 1.97. The summed E-state index contributed by atoms with van der Waals surface area (Å²) in [5.41, 5.74) is 0.528. The highest BCUT2D eigenvalue weighted by atomic mass is 15.1. The maximum atomic E-state index is 4.25. The molecule has 0 radical (unpaired) electrons. The normalized spacial score (nSPS) is 69.7. The number of rotatable bonds is 0. The van der Waals surface area contributed by atoms with Crippen molar-refractivity contribution in [2.75, 3.05) is 0 Å². The zero-order chi connectivity index (χ0) is 4.48.